The Morgan fingerprint density at radius 3 is 3.00 bits per heavy atom. The number of rotatable bonds is 4. The SMILES string of the molecule is CCNc1ncc(CN2C(=O)CSC2=O)s1. The van der Waals surface area contributed by atoms with Crippen LogP contribution >= 0.6 is 23.1 Å². The number of anilines is 1. The number of aromatic nitrogens is 1. The van der Waals surface area contributed by atoms with Gasteiger partial charge in [0.2, 0.25) is 5.91 Å². The second-order valence-electron chi connectivity index (χ2n) is 3.20. The van der Waals surface area contributed by atoms with E-state index in [9.17, 15) is 9.59 Å². The predicted molar refractivity (Wildman–Crippen MR) is 64.7 cm³/mol. The van der Waals surface area contributed by atoms with Crippen molar-refractivity contribution in [3.05, 3.63) is 11.1 Å². The van der Waals surface area contributed by atoms with Crippen LogP contribution in [0.4, 0.5) is 9.93 Å². The topological polar surface area (TPSA) is 62.3 Å². The molecule has 0 unspecified atom stereocenters. The van der Waals surface area contributed by atoms with Crippen molar-refractivity contribution in [3.63, 3.8) is 0 Å². The molecule has 1 fully saturated rings. The molecule has 1 aliphatic heterocycles. The Morgan fingerprint density at radius 2 is 2.38 bits per heavy atom. The molecule has 0 atom stereocenters. The van der Waals surface area contributed by atoms with Gasteiger partial charge in [-0.2, -0.15) is 0 Å². The third kappa shape index (κ3) is 2.35. The molecule has 1 N–H and O–H groups in total. The van der Waals surface area contributed by atoms with Crippen molar-refractivity contribution in [1.82, 2.24) is 9.88 Å². The summed E-state index contributed by atoms with van der Waals surface area (Å²) >= 11 is 2.53. The van der Waals surface area contributed by atoms with Crippen LogP contribution in [0.15, 0.2) is 6.20 Å². The summed E-state index contributed by atoms with van der Waals surface area (Å²) < 4.78 is 0. The fourth-order valence-corrected chi connectivity index (χ4v) is 2.90. The standard InChI is InChI=1S/C9H11N3O2S2/c1-2-10-8-11-3-6(16-8)4-12-7(13)5-15-9(12)14/h3H,2,4-5H2,1H3,(H,10,11). The highest BCUT2D eigenvalue weighted by molar-refractivity contribution is 8.14. The third-order valence-electron chi connectivity index (χ3n) is 2.04. The number of thiazole rings is 1. The molecule has 0 aliphatic carbocycles. The summed E-state index contributed by atoms with van der Waals surface area (Å²) in [4.78, 5) is 29.1. The van der Waals surface area contributed by atoms with Gasteiger partial charge in [-0.3, -0.25) is 14.5 Å². The number of hydrogen-bond acceptors (Lipinski definition) is 6. The number of carbonyl (C=O) groups excluding carboxylic acids is 2. The fourth-order valence-electron chi connectivity index (χ4n) is 1.30. The molecule has 7 heteroatoms. The predicted octanol–water partition coefficient (Wildman–Crippen LogP) is 1.77. The first-order chi connectivity index (χ1) is 7.70. The van der Waals surface area contributed by atoms with Crippen LogP contribution < -0.4 is 5.32 Å². The van der Waals surface area contributed by atoms with E-state index in [1.54, 1.807) is 6.20 Å². The second kappa shape index (κ2) is 4.84. The molecule has 1 aromatic rings. The average Bonchev–Trinajstić information content (AvgIpc) is 2.81. The second-order valence-corrected chi connectivity index (χ2v) is 5.24. The lowest BCUT2D eigenvalue weighted by Gasteiger charge is -2.09. The molecule has 0 aromatic carbocycles. The molecule has 1 aromatic heterocycles. The molecule has 86 valence electrons. The molecule has 2 amide bonds. The molecule has 0 bridgehead atoms. The van der Waals surface area contributed by atoms with Crippen LogP contribution in [0.5, 0.6) is 0 Å². The number of hydrogen-bond donors (Lipinski definition) is 1. The van der Waals surface area contributed by atoms with Crippen LogP contribution in [0.2, 0.25) is 0 Å². The molecule has 2 rings (SSSR count). The van der Waals surface area contributed by atoms with Gasteiger partial charge in [-0.15, -0.1) is 11.3 Å². The largest absolute Gasteiger partial charge is 0.362 e. The lowest BCUT2D eigenvalue weighted by atomic mass is 10.5. The lowest BCUT2D eigenvalue weighted by Crippen LogP contribution is -2.27. The first kappa shape index (κ1) is 11.4. The zero-order valence-corrected chi connectivity index (χ0v) is 10.4. The van der Waals surface area contributed by atoms with Crippen LogP contribution in [-0.2, 0) is 11.3 Å². The molecule has 0 radical (unpaired) electrons. The van der Waals surface area contributed by atoms with Crippen molar-refractivity contribution in [2.75, 3.05) is 17.6 Å². The van der Waals surface area contributed by atoms with Gasteiger partial charge in [0.25, 0.3) is 5.24 Å². The van der Waals surface area contributed by atoms with Gasteiger partial charge >= 0.3 is 0 Å². The van der Waals surface area contributed by atoms with Gasteiger partial charge < -0.3 is 5.32 Å². The molecule has 16 heavy (non-hydrogen) atoms. The monoisotopic (exact) mass is 257 g/mol. The Bertz CT molecular complexity index is 403. The van der Waals surface area contributed by atoms with E-state index < -0.39 is 0 Å². The van der Waals surface area contributed by atoms with Gasteiger partial charge in [0, 0.05) is 17.6 Å². The summed E-state index contributed by atoms with van der Waals surface area (Å²) in [6, 6.07) is 0. The smallest absolute Gasteiger partial charge is 0.289 e. The molecule has 5 nitrogen and oxygen atoms in total. The Morgan fingerprint density at radius 1 is 1.56 bits per heavy atom. The highest BCUT2D eigenvalue weighted by atomic mass is 32.2. The van der Waals surface area contributed by atoms with Crippen molar-refractivity contribution < 1.29 is 9.59 Å². The maximum absolute atomic E-state index is 11.4. The van der Waals surface area contributed by atoms with Crippen molar-refractivity contribution >= 4 is 39.4 Å². The number of imide groups is 1. The summed E-state index contributed by atoms with van der Waals surface area (Å²) in [5, 5.41) is 3.75. The summed E-state index contributed by atoms with van der Waals surface area (Å²) in [6.07, 6.45) is 1.70. The van der Waals surface area contributed by atoms with Crippen molar-refractivity contribution in [3.8, 4) is 0 Å². The first-order valence-electron chi connectivity index (χ1n) is 4.86. The van der Waals surface area contributed by atoms with E-state index in [0.717, 1.165) is 28.3 Å². The normalized spacial score (nSPS) is 15.9. The van der Waals surface area contributed by atoms with E-state index in [4.69, 9.17) is 0 Å². The minimum Gasteiger partial charge on any atom is -0.362 e. The van der Waals surface area contributed by atoms with Crippen LogP contribution in [0.25, 0.3) is 0 Å². The molecule has 1 saturated heterocycles. The highest BCUT2D eigenvalue weighted by Gasteiger charge is 2.30. The van der Waals surface area contributed by atoms with Gasteiger partial charge in [0.15, 0.2) is 5.13 Å². The summed E-state index contributed by atoms with van der Waals surface area (Å²) in [6.45, 7) is 3.14. The Labute approximate surface area is 101 Å². The van der Waals surface area contributed by atoms with E-state index >= 15 is 0 Å². The Kier molecular flexibility index (Phi) is 3.45. The highest BCUT2D eigenvalue weighted by Crippen LogP contribution is 2.25. The number of nitrogens with one attached hydrogen (secondary N) is 1. The van der Waals surface area contributed by atoms with Crippen molar-refractivity contribution in [2.24, 2.45) is 0 Å². The van der Waals surface area contributed by atoms with Crippen LogP contribution in [0.3, 0.4) is 0 Å². The van der Waals surface area contributed by atoms with E-state index in [1.807, 2.05) is 6.92 Å². The van der Waals surface area contributed by atoms with Crippen LogP contribution in [0, 0.1) is 0 Å². The van der Waals surface area contributed by atoms with Crippen molar-refractivity contribution in [1.29, 1.82) is 0 Å². The van der Waals surface area contributed by atoms with E-state index in [0.29, 0.717) is 6.54 Å². The zero-order valence-electron chi connectivity index (χ0n) is 8.73. The first-order valence-corrected chi connectivity index (χ1v) is 6.66. The van der Waals surface area contributed by atoms with Gasteiger partial charge in [-0.1, -0.05) is 11.8 Å². The Hall–Kier alpha value is -1.08. The summed E-state index contributed by atoms with van der Waals surface area (Å²) in [5.74, 6) is 0.144. The van der Waals surface area contributed by atoms with E-state index in [2.05, 4.69) is 10.3 Å². The number of amides is 2. The van der Waals surface area contributed by atoms with Gasteiger partial charge in [0.05, 0.1) is 12.3 Å². The summed E-state index contributed by atoms with van der Waals surface area (Å²) in [7, 11) is 0. The molecule has 2 heterocycles. The Balaban J connectivity index is 2.02. The molecule has 0 spiro atoms. The minimum absolute atomic E-state index is 0.117. The third-order valence-corrected chi connectivity index (χ3v) is 3.83. The summed E-state index contributed by atoms with van der Waals surface area (Å²) in [5.41, 5.74) is 0. The molecule has 1 aliphatic rings. The quantitative estimate of drug-likeness (QED) is 0.890. The van der Waals surface area contributed by atoms with E-state index in [-0.39, 0.29) is 16.9 Å². The fraction of sp³-hybridized carbons (Fsp3) is 0.444. The van der Waals surface area contributed by atoms with Crippen molar-refractivity contribution in [2.45, 2.75) is 13.5 Å². The van der Waals surface area contributed by atoms with Gasteiger partial charge in [0.1, 0.15) is 0 Å². The maximum atomic E-state index is 11.4. The maximum Gasteiger partial charge on any atom is 0.289 e. The van der Waals surface area contributed by atoms with Gasteiger partial charge in [-0.05, 0) is 6.92 Å². The molecule has 0 saturated carbocycles. The number of nitrogens with zero attached hydrogens (tertiary/aromatic N) is 2. The number of thioether (sulfide) groups is 1. The average molecular weight is 257 g/mol. The number of carbonyl (C=O) groups is 2. The van der Waals surface area contributed by atoms with Crippen LogP contribution in [0.1, 0.15) is 11.8 Å². The molecular weight excluding hydrogens is 246 g/mol. The lowest BCUT2D eigenvalue weighted by molar-refractivity contribution is -0.124. The van der Waals surface area contributed by atoms with Gasteiger partial charge in [-0.25, -0.2) is 4.98 Å². The minimum atomic E-state index is -0.164. The van der Waals surface area contributed by atoms with Crippen LogP contribution in [-0.4, -0.2) is 33.3 Å². The van der Waals surface area contributed by atoms with E-state index in [1.165, 1.54) is 16.2 Å². The zero-order chi connectivity index (χ0) is 11.5. The molecular formula is C9H11N3O2S2.